The molecule has 0 spiro atoms. The number of aliphatic imine (C=N–C) groups is 1. The molecule has 1 amide bonds. The lowest BCUT2D eigenvalue weighted by Gasteiger charge is -2.25. The van der Waals surface area contributed by atoms with Crippen molar-refractivity contribution in [1.82, 2.24) is 16.0 Å². The lowest BCUT2D eigenvalue weighted by atomic mass is 9.91. The number of hydrogen-bond acceptors (Lipinski definition) is 3. The minimum absolute atomic E-state index is 0.0613. The van der Waals surface area contributed by atoms with Gasteiger partial charge in [0.15, 0.2) is 5.96 Å². The third kappa shape index (κ3) is 6.38. The van der Waals surface area contributed by atoms with E-state index in [2.05, 4.69) is 48.1 Å². The van der Waals surface area contributed by atoms with E-state index in [1.807, 2.05) is 25.1 Å². The van der Waals surface area contributed by atoms with Crippen molar-refractivity contribution in [2.75, 3.05) is 31.5 Å². The summed E-state index contributed by atoms with van der Waals surface area (Å²) < 4.78 is 0. The first-order valence-corrected chi connectivity index (χ1v) is 9.05. The number of guanidine groups is 1. The first-order chi connectivity index (χ1) is 11.9. The lowest BCUT2D eigenvalue weighted by Crippen LogP contribution is -2.44. The van der Waals surface area contributed by atoms with Gasteiger partial charge in [-0.05, 0) is 39.3 Å². The first-order valence-electron chi connectivity index (χ1n) is 9.05. The quantitative estimate of drug-likeness (QED) is 0.362. The molecule has 2 rings (SSSR count). The van der Waals surface area contributed by atoms with E-state index in [4.69, 9.17) is 4.99 Å². The maximum Gasteiger partial charge on any atom is 0.225 e. The number of hydrogen-bond donors (Lipinski definition) is 4. The van der Waals surface area contributed by atoms with Crippen LogP contribution >= 0.6 is 0 Å². The van der Waals surface area contributed by atoms with Crippen LogP contribution in [0.1, 0.15) is 45.6 Å². The third-order valence-electron chi connectivity index (χ3n) is 3.99. The molecule has 25 heavy (non-hydrogen) atoms. The molecule has 1 unspecified atom stereocenters. The molecular weight excluding hydrogens is 314 g/mol. The third-order valence-corrected chi connectivity index (χ3v) is 3.99. The molecule has 1 heterocycles. The van der Waals surface area contributed by atoms with E-state index in [9.17, 15) is 4.79 Å². The van der Waals surface area contributed by atoms with Crippen LogP contribution in [0.2, 0.25) is 0 Å². The van der Waals surface area contributed by atoms with Crippen molar-refractivity contribution in [1.29, 1.82) is 0 Å². The van der Waals surface area contributed by atoms with Crippen LogP contribution in [-0.2, 0) is 4.79 Å². The van der Waals surface area contributed by atoms with Gasteiger partial charge in [0.25, 0.3) is 0 Å². The molecule has 0 bridgehead atoms. The van der Waals surface area contributed by atoms with Gasteiger partial charge in [0, 0.05) is 43.2 Å². The largest absolute Gasteiger partial charge is 0.357 e. The maximum absolute atomic E-state index is 11.9. The van der Waals surface area contributed by atoms with Crippen molar-refractivity contribution in [3.05, 3.63) is 29.8 Å². The summed E-state index contributed by atoms with van der Waals surface area (Å²) in [5.74, 6) is 0.973. The number of nitrogens with zero attached hydrogens (tertiary/aromatic N) is 1. The first kappa shape index (κ1) is 19.2. The molecule has 1 aromatic rings. The fourth-order valence-corrected chi connectivity index (χ4v) is 2.83. The molecule has 138 valence electrons. The Balaban J connectivity index is 1.95. The maximum atomic E-state index is 11.9. The Morgan fingerprint density at radius 1 is 1.24 bits per heavy atom. The number of rotatable bonds is 6. The van der Waals surface area contributed by atoms with Crippen LogP contribution in [0.5, 0.6) is 0 Å². The summed E-state index contributed by atoms with van der Waals surface area (Å²) in [5.41, 5.74) is 2.18. The zero-order chi connectivity index (χ0) is 18.3. The van der Waals surface area contributed by atoms with Gasteiger partial charge >= 0.3 is 0 Å². The van der Waals surface area contributed by atoms with E-state index in [1.165, 1.54) is 0 Å². The van der Waals surface area contributed by atoms with E-state index in [0.29, 0.717) is 13.0 Å². The molecule has 6 heteroatoms. The van der Waals surface area contributed by atoms with Gasteiger partial charge in [-0.2, -0.15) is 0 Å². The molecule has 0 aliphatic carbocycles. The van der Waals surface area contributed by atoms with E-state index in [1.54, 1.807) is 0 Å². The molecule has 1 aromatic carbocycles. The van der Waals surface area contributed by atoms with Crippen molar-refractivity contribution < 1.29 is 4.79 Å². The van der Waals surface area contributed by atoms with Crippen LogP contribution in [0.15, 0.2) is 29.3 Å². The van der Waals surface area contributed by atoms with Crippen molar-refractivity contribution in [3.63, 3.8) is 0 Å². The van der Waals surface area contributed by atoms with Crippen LogP contribution in [0.3, 0.4) is 0 Å². The number of nitrogens with one attached hydrogen (secondary N) is 4. The fourth-order valence-electron chi connectivity index (χ4n) is 2.83. The molecule has 0 saturated heterocycles. The van der Waals surface area contributed by atoms with Gasteiger partial charge in [-0.15, -0.1) is 0 Å². The van der Waals surface area contributed by atoms with Gasteiger partial charge in [0.1, 0.15) is 0 Å². The summed E-state index contributed by atoms with van der Waals surface area (Å²) in [4.78, 5) is 16.6. The Morgan fingerprint density at radius 3 is 2.72 bits per heavy atom. The normalized spacial score (nSPS) is 17.7. The topological polar surface area (TPSA) is 77.5 Å². The SMILES string of the molecule is CCNC(=NCC1CC(=O)Nc2ccccc21)NCCNC(C)(C)C. The number of carbonyl (C=O) groups is 1. The number of carbonyl (C=O) groups excluding carboxylic acids is 1. The average Bonchev–Trinajstić information content (AvgIpc) is 2.55. The Morgan fingerprint density at radius 2 is 2.00 bits per heavy atom. The van der Waals surface area contributed by atoms with Crippen molar-refractivity contribution in [3.8, 4) is 0 Å². The molecule has 0 saturated carbocycles. The number of fused-ring (bicyclic) bond motifs is 1. The van der Waals surface area contributed by atoms with Gasteiger partial charge in [0.2, 0.25) is 5.91 Å². The smallest absolute Gasteiger partial charge is 0.225 e. The summed E-state index contributed by atoms with van der Waals surface area (Å²) in [6.45, 7) is 11.6. The minimum atomic E-state index is 0.0613. The summed E-state index contributed by atoms with van der Waals surface area (Å²) >= 11 is 0. The van der Waals surface area contributed by atoms with Gasteiger partial charge in [-0.1, -0.05) is 18.2 Å². The van der Waals surface area contributed by atoms with Crippen LogP contribution in [0.4, 0.5) is 5.69 Å². The number of amides is 1. The Hall–Kier alpha value is -2.08. The molecule has 1 aliphatic heterocycles. The van der Waals surface area contributed by atoms with E-state index in [0.717, 1.165) is 36.8 Å². The van der Waals surface area contributed by atoms with Crippen LogP contribution < -0.4 is 21.3 Å². The minimum Gasteiger partial charge on any atom is -0.357 e. The molecular formula is C19H31N5O. The van der Waals surface area contributed by atoms with E-state index in [-0.39, 0.29) is 17.4 Å². The van der Waals surface area contributed by atoms with Crippen LogP contribution in [-0.4, -0.2) is 43.6 Å². The Bertz CT molecular complexity index is 606. The number of benzene rings is 1. The molecule has 1 atom stereocenters. The predicted octanol–water partition coefficient (Wildman–Crippen LogP) is 2.06. The predicted molar refractivity (Wildman–Crippen MR) is 104 cm³/mol. The Labute approximate surface area is 150 Å². The van der Waals surface area contributed by atoms with Gasteiger partial charge in [0.05, 0.1) is 6.54 Å². The second kappa shape index (κ2) is 8.85. The Kier molecular flexibility index (Phi) is 6.82. The highest BCUT2D eigenvalue weighted by Gasteiger charge is 2.24. The molecule has 6 nitrogen and oxygen atoms in total. The van der Waals surface area contributed by atoms with Crippen molar-refractivity contribution >= 4 is 17.6 Å². The highest BCUT2D eigenvalue weighted by Crippen LogP contribution is 2.31. The van der Waals surface area contributed by atoms with Crippen LogP contribution in [0.25, 0.3) is 0 Å². The molecule has 0 fully saturated rings. The average molecular weight is 345 g/mol. The molecule has 4 N–H and O–H groups in total. The number of anilines is 1. The molecule has 0 aromatic heterocycles. The van der Waals surface area contributed by atoms with Gasteiger partial charge in [-0.25, -0.2) is 0 Å². The summed E-state index contributed by atoms with van der Waals surface area (Å²) in [5, 5.41) is 13.0. The highest BCUT2D eigenvalue weighted by atomic mass is 16.1. The highest BCUT2D eigenvalue weighted by molar-refractivity contribution is 5.94. The zero-order valence-corrected chi connectivity index (χ0v) is 15.8. The second-order valence-corrected chi connectivity index (χ2v) is 7.36. The van der Waals surface area contributed by atoms with Crippen LogP contribution in [0, 0.1) is 0 Å². The molecule has 1 aliphatic rings. The monoisotopic (exact) mass is 345 g/mol. The summed E-state index contributed by atoms with van der Waals surface area (Å²) in [6.07, 6.45) is 0.478. The summed E-state index contributed by atoms with van der Waals surface area (Å²) in [7, 11) is 0. The standard InChI is InChI=1S/C19H31N5O/c1-5-20-18(21-10-11-23-19(2,3)4)22-13-14-12-17(25)24-16-9-7-6-8-15(14)16/h6-9,14,23H,5,10-13H2,1-4H3,(H,24,25)(H2,20,21,22). The molecule has 0 radical (unpaired) electrons. The van der Waals surface area contributed by atoms with Crippen molar-refractivity contribution in [2.45, 2.75) is 45.6 Å². The fraction of sp³-hybridized carbons (Fsp3) is 0.579. The lowest BCUT2D eigenvalue weighted by molar-refractivity contribution is -0.116. The van der Waals surface area contributed by atoms with Gasteiger partial charge < -0.3 is 21.3 Å². The number of para-hydroxylation sites is 1. The summed E-state index contributed by atoms with van der Waals surface area (Å²) in [6, 6.07) is 7.97. The van der Waals surface area contributed by atoms with E-state index >= 15 is 0 Å². The van der Waals surface area contributed by atoms with E-state index < -0.39 is 0 Å². The van der Waals surface area contributed by atoms with Gasteiger partial charge in [-0.3, -0.25) is 9.79 Å². The zero-order valence-electron chi connectivity index (χ0n) is 15.8. The second-order valence-electron chi connectivity index (χ2n) is 7.36. The van der Waals surface area contributed by atoms with Crippen molar-refractivity contribution in [2.24, 2.45) is 4.99 Å².